The fourth-order valence-electron chi connectivity index (χ4n) is 11.8. The number of aliphatic imine (C=N–C) groups is 2. The molecule has 0 aliphatic carbocycles. The average Bonchev–Trinajstić information content (AvgIpc) is 1.84. The summed E-state index contributed by atoms with van der Waals surface area (Å²) in [6, 6.07) is 22.4. The second kappa shape index (κ2) is 30.4. The molecule has 3 fully saturated rings. The van der Waals surface area contributed by atoms with Crippen molar-refractivity contribution in [1.29, 1.82) is 0 Å². The minimum atomic E-state index is -5.00. The number of quaternary nitrogens is 1. The summed E-state index contributed by atoms with van der Waals surface area (Å²) in [6.07, 6.45) is -3.32. The van der Waals surface area contributed by atoms with Gasteiger partial charge in [-0.3, -0.25) is 24.4 Å². The number of hydrogen-bond acceptors (Lipinski definition) is 22. The summed E-state index contributed by atoms with van der Waals surface area (Å²) in [5.74, 6) is -0.281. The largest absolute Gasteiger partial charge is 0.501 e. The van der Waals surface area contributed by atoms with E-state index in [1.54, 1.807) is 58.6 Å². The Labute approximate surface area is 545 Å². The predicted molar refractivity (Wildman–Crippen MR) is 343 cm³/mol. The highest BCUT2D eigenvalue weighted by Gasteiger charge is 2.45. The van der Waals surface area contributed by atoms with Gasteiger partial charge < -0.3 is 85.7 Å². The van der Waals surface area contributed by atoms with Crippen molar-refractivity contribution < 1.29 is 98.7 Å². The number of Topliss-reactive ketones (excluding diaryl/α,β-unsaturated/α-hetero) is 1. The number of hydrogen-bond donors (Lipinski definition) is 4. The van der Waals surface area contributed by atoms with Gasteiger partial charge in [0, 0.05) is 74.0 Å². The maximum Gasteiger partial charge on any atom is 0.501 e. The Kier molecular flexibility index (Phi) is 22.2. The van der Waals surface area contributed by atoms with Crippen LogP contribution in [0.1, 0.15) is 85.9 Å². The van der Waals surface area contributed by atoms with Gasteiger partial charge in [0.05, 0.1) is 95.9 Å². The zero-order valence-corrected chi connectivity index (χ0v) is 54.0. The molecule has 5 heterocycles. The van der Waals surface area contributed by atoms with Crippen LogP contribution in [0.15, 0.2) is 119 Å². The van der Waals surface area contributed by atoms with Crippen LogP contribution in [0.5, 0.6) is 40.2 Å². The van der Waals surface area contributed by atoms with E-state index in [-0.39, 0.29) is 67.2 Å². The van der Waals surface area contributed by atoms with Gasteiger partial charge in [-0.05, 0) is 110 Å². The van der Waals surface area contributed by atoms with Crippen LogP contribution in [-0.2, 0) is 55.6 Å². The highest BCUT2D eigenvalue weighted by atomic mass is 32.3. The number of amides is 2. The van der Waals surface area contributed by atoms with Gasteiger partial charge >= 0.3 is 10.4 Å². The molecule has 2 amide bonds. The van der Waals surface area contributed by atoms with Crippen molar-refractivity contribution in [1.82, 2.24) is 9.80 Å². The van der Waals surface area contributed by atoms with Crippen LogP contribution >= 0.6 is 0 Å². The van der Waals surface area contributed by atoms with Gasteiger partial charge in [-0.25, -0.2) is 0 Å². The van der Waals surface area contributed by atoms with Crippen molar-refractivity contribution >= 4 is 51.8 Å². The van der Waals surface area contributed by atoms with Crippen molar-refractivity contribution in [3.8, 4) is 40.2 Å². The summed E-state index contributed by atoms with van der Waals surface area (Å²) in [5.41, 5.74) is 6.91. The van der Waals surface area contributed by atoms with Gasteiger partial charge in [0.2, 0.25) is 6.29 Å². The molecule has 10 rings (SSSR count). The second-order valence-corrected chi connectivity index (χ2v) is 25.3. The number of aliphatic hydroxyl groups is 4. The van der Waals surface area contributed by atoms with Gasteiger partial charge in [-0.15, -0.1) is 8.42 Å². The van der Waals surface area contributed by atoms with Crippen LogP contribution in [0.3, 0.4) is 0 Å². The van der Waals surface area contributed by atoms with E-state index in [9.17, 15) is 43.2 Å². The van der Waals surface area contributed by atoms with Crippen LogP contribution in [-0.4, -0.2) is 204 Å². The number of ketones is 1. The molecule has 25 nitrogen and oxygen atoms in total. The molecule has 0 saturated carbocycles. The fraction of sp³-hybridized carbons (Fsp3) is 0.426. The molecule has 4 N–H and O–H groups in total. The van der Waals surface area contributed by atoms with Crippen molar-refractivity contribution in [2.45, 2.75) is 102 Å². The van der Waals surface area contributed by atoms with Crippen molar-refractivity contribution in [3.05, 3.63) is 148 Å². The van der Waals surface area contributed by atoms with E-state index >= 15 is 0 Å². The quantitative estimate of drug-likeness (QED) is 0.0159. The summed E-state index contributed by atoms with van der Waals surface area (Å²) >= 11 is 0. The Bertz CT molecular complexity index is 3650. The lowest BCUT2D eigenvalue weighted by Crippen LogP contribution is -2.60. The van der Waals surface area contributed by atoms with Crippen LogP contribution in [0, 0.1) is 0 Å². The maximum atomic E-state index is 13.8. The monoisotopic (exact) mass is 1320 g/mol. The van der Waals surface area contributed by atoms with E-state index in [1.807, 2.05) is 39.2 Å². The second-order valence-electron chi connectivity index (χ2n) is 24.1. The van der Waals surface area contributed by atoms with Crippen molar-refractivity contribution in [3.63, 3.8) is 0 Å². The van der Waals surface area contributed by atoms with E-state index in [4.69, 9.17) is 61.0 Å². The summed E-state index contributed by atoms with van der Waals surface area (Å²) in [4.78, 5) is 53.9. The molecule has 0 spiro atoms. The Morgan fingerprint density at radius 3 is 1.73 bits per heavy atom. The van der Waals surface area contributed by atoms with Crippen LogP contribution in [0.2, 0.25) is 0 Å². The number of benzene rings is 5. The molecule has 1 unspecified atom stereocenters. The standard InChI is InChI=1S/C68H80N5O20S/c1-8-85-18-19-87-21-20-86-17-9-10-55(75)47-13-16-56(90-68-65(78)64(77)63(76)62(38-74)91-68)61(27-47)93-94(81,82)92-50-14-11-43(12-15-50)36-73(4,5)37-44-24-45(39-88-59-30-53-51(28-57(59)83-6)66(79)71-34-41(2)22-48(71)32-69-53)26-46(25-44)40-89-60-31-54-52(29-58(60)84-7)67(80)72-35-42(3)23-49(72)33-70-54/h11-16,24-33,48-49,62-65,68,74,76-78H,2-3,8-10,17-23,34-40H2,1,4-7H3/q+1/t48-,49-,62+,63-,64-,65+,68?/m0/s1. The number of fused-ring (bicyclic) bond motifs is 4. The van der Waals surface area contributed by atoms with Gasteiger partial charge in [-0.2, -0.15) is 0 Å². The number of rotatable bonds is 31. The summed E-state index contributed by atoms with van der Waals surface area (Å²) in [6.45, 7) is 13.6. The van der Waals surface area contributed by atoms with Gasteiger partial charge in [0.1, 0.15) is 56.5 Å². The lowest BCUT2D eigenvalue weighted by Gasteiger charge is -2.39. The first-order valence-electron chi connectivity index (χ1n) is 30.9. The molecule has 5 aromatic rings. The SMILES string of the molecule is C=C1C[C@H]2C=Nc3cc(OCc4cc(COc5cc6c(cc5OC)C(=O)N5CC(=C)C[C@H]5C=N6)cc(C[N+](C)(C)Cc5ccc(OS(=O)(=O)Oc6cc(C(=O)CCCOCCOCCOCC)ccc6OC6O[C@H](CO)[C@H](O)[C@H](O)[C@H]6O)cc5)c4)c(OC)cc3C(=O)N2C1. The fourth-order valence-corrected chi connectivity index (χ4v) is 12.5. The van der Waals surface area contributed by atoms with E-state index in [2.05, 4.69) is 13.2 Å². The Balaban J connectivity index is 0.844. The number of carbonyl (C=O) groups excluding carboxylic acids is 3. The van der Waals surface area contributed by atoms with Gasteiger partial charge in [0.15, 0.2) is 40.3 Å². The number of carbonyl (C=O) groups is 3. The average molecular weight is 1320 g/mol. The zero-order valence-electron chi connectivity index (χ0n) is 53.2. The van der Waals surface area contributed by atoms with Crippen LogP contribution in [0.4, 0.5) is 11.4 Å². The predicted octanol–water partition coefficient (Wildman–Crippen LogP) is 6.53. The minimum Gasteiger partial charge on any atom is -0.493 e. The molecule has 0 bridgehead atoms. The summed E-state index contributed by atoms with van der Waals surface area (Å²) < 4.78 is 91.0. The highest BCUT2D eigenvalue weighted by molar-refractivity contribution is 7.82. The van der Waals surface area contributed by atoms with E-state index in [0.717, 1.165) is 39.5 Å². The first-order valence-corrected chi connectivity index (χ1v) is 32.2. The maximum absolute atomic E-state index is 13.8. The molecule has 0 aromatic heterocycles. The minimum absolute atomic E-state index is 0.0111. The Morgan fingerprint density at radius 1 is 0.638 bits per heavy atom. The Morgan fingerprint density at radius 2 is 1.18 bits per heavy atom. The molecule has 0 radical (unpaired) electrons. The first kappa shape index (κ1) is 68.6. The Hall–Kier alpha value is -8.28. The molecule has 26 heteroatoms. The zero-order chi connectivity index (χ0) is 66.8. The number of ether oxygens (including phenoxy) is 9. The molecule has 5 aliphatic heterocycles. The summed E-state index contributed by atoms with van der Waals surface area (Å²) in [5, 5.41) is 41.4. The molecule has 94 heavy (non-hydrogen) atoms. The lowest BCUT2D eigenvalue weighted by atomic mass is 9.99. The van der Waals surface area contributed by atoms with E-state index in [0.29, 0.717) is 128 Å². The first-order chi connectivity index (χ1) is 45.1. The molecule has 7 atom stereocenters. The highest BCUT2D eigenvalue weighted by Crippen LogP contribution is 2.42. The van der Waals surface area contributed by atoms with Crippen LogP contribution < -0.4 is 32.1 Å². The molecule has 5 aromatic carbocycles. The normalized spacial score (nSPS) is 20.8. The smallest absolute Gasteiger partial charge is 0.493 e. The van der Waals surface area contributed by atoms with Crippen molar-refractivity contribution in [2.24, 2.45) is 9.98 Å². The topological polar surface area (TPSA) is 299 Å². The number of nitrogens with zero attached hydrogens (tertiary/aromatic N) is 5. The molecule has 5 aliphatic rings. The van der Waals surface area contributed by atoms with Crippen molar-refractivity contribution in [2.75, 3.05) is 87.7 Å². The third-order valence-electron chi connectivity index (χ3n) is 16.3. The summed E-state index contributed by atoms with van der Waals surface area (Å²) in [7, 11) is 2.08. The third kappa shape index (κ3) is 16.8. The molecule has 3 saturated heterocycles. The van der Waals surface area contributed by atoms with E-state index in [1.165, 1.54) is 38.5 Å². The molecular weight excluding hydrogens is 1240 g/mol. The number of aliphatic hydroxyl groups excluding tert-OH is 4. The molecule has 502 valence electrons. The number of methoxy groups -OCH3 is 2. The third-order valence-corrected chi connectivity index (χ3v) is 17.1. The van der Waals surface area contributed by atoms with Gasteiger partial charge in [-0.1, -0.05) is 24.3 Å². The van der Waals surface area contributed by atoms with E-state index < -0.39 is 59.2 Å². The van der Waals surface area contributed by atoms with Gasteiger partial charge in [0.25, 0.3) is 11.8 Å². The molecular formula is C68H80N5O20S+. The lowest BCUT2D eigenvalue weighted by molar-refractivity contribution is -0.916. The van der Waals surface area contributed by atoms with Crippen LogP contribution in [0.25, 0.3) is 0 Å².